The van der Waals surface area contributed by atoms with Crippen molar-refractivity contribution in [3.63, 3.8) is 0 Å². The van der Waals surface area contributed by atoms with E-state index in [-0.39, 0.29) is 13.0 Å². The summed E-state index contributed by atoms with van der Waals surface area (Å²) in [6.45, 7) is 1.94. The summed E-state index contributed by atoms with van der Waals surface area (Å²) < 4.78 is 46.2. The van der Waals surface area contributed by atoms with Crippen molar-refractivity contribution in [1.29, 1.82) is 0 Å². The van der Waals surface area contributed by atoms with E-state index in [0.29, 0.717) is 23.2 Å². The number of pyridine rings is 1. The van der Waals surface area contributed by atoms with Crippen LogP contribution in [0.15, 0.2) is 24.5 Å². The number of hydrogen-bond acceptors (Lipinski definition) is 7. The van der Waals surface area contributed by atoms with Gasteiger partial charge in [-0.05, 0) is 31.7 Å². The Morgan fingerprint density at radius 2 is 2.20 bits per heavy atom. The van der Waals surface area contributed by atoms with E-state index in [1.54, 1.807) is 34.2 Å². The van der Waals surface area contributed by atoms with Crippen LogP contribution in [-0.4, -0.2) is 56.2 Å². The molecule has 3 aromatic heterocycles. The molecule has 30 heavy (non-hydrogen) atoms. The molecule has 3 aromatic rings. The van der Waals surface area contributed by atoms with Crippen LogP contribution in [0.2, 0.25) is 0 Å². The molecule has 4 heterocycles. The molecule has 0 atom stereocenters. The number of aromatic nitrogens is 4. The van der Waals surface area contributed by atoms with Crippen LogP contribution in [0.1, 0.15) is 17.8 Å². The molecular weight excluding hydrogens is 437 g/mol. The number of halogens is 3. The van der Waals surface area contributed by atoms with E-state index in [4.69, 9.17) is 4.74 Å². The highest BCUT2D eigenvalue weighted by atomic mass is 32.3. The van der Waals surface area contributed by atoms with E-state index in [9.17, 15) is 13.2 Å². The first-order chi connectivity index (χ1) is 14.0. The van der Waals surface area contributed by atoms with Crippen LogP contribution in [0.4, 0.5) is 24.1 Å². The molecule has 0 aliphatic carbocycles. The minimum Gasteiger partial charge on any atom is -0.490 e. The maximum atomic E-state index is 12.3. The summed E-state index contributed by atoms with van der Waals surface area (Å²) in [4.78, 5) is 8.78. The van der Waals surface area contributed by atoms with Crippen LogP contribution >= 0.6 is 20.3 Å². The largest absolute Gasteiger partial charge is 0.490 e. The highest BCUT2D eigenvalue weighted by molar-refractivity contribution is 8.52. The third kappa shape index (κ3) is 4.38. The topological polar surface area (TPSA) is 67.3 Å². The monoisotopic (exact) mass is 460 g/mol. The maximum Gasteiger partial charge on any atom is 0.389 e. The van der Waals surface area contributed by atoms with Crippen molar-refractivity contribution in [2.24, 2.45) is 0 Å². The molecule has 12 heteroatoms. The SMILES string of the molecule is C=S1(C)(CNc2nc3c(OCCCC(F)(F)F)cccn3n2)CN1c1cnc(C)s1. The van der Waals surface area contributed by atoms with Gasteiger partial charge in [0.2, 0.25) is 5.95 Å². The van der Waals surface area contributed by atoms with Gasteiger partial charge in [0.15, 0.2) is 11.4 Å². The normalized spacial score (nSPS) is 18.7. The highest BCUT2D eigenvalue weighted by Gasteiger charge is 2.49. The van der Waals surface area contributed by atoms with Crippen LogP contribution in [0.3, 0.4) is 0 Å². The number of nitrogens with zero attached hydrogens (tertiary/aromatic N) is 5. The van der Waals surface area contributed by atoms with E-state index < -0.39 is 21.5 Å². The third-order valence-electron chi connectivity index (χ3n) is 4.79. The lowest BCUT2D eigenvalue weighted by Gasteiger charge is -2.25. The first kappa shape index (κ1) is 20.9. The number of anilines is 2. The molecule has 1 aliphatic heterocycles. The van der Waals surface area contributed by atoms with Crippen LogP contribution in [-0.2, 0) is 0 Å². The molecule has 0 saturated carbocycles. The van der Waals surface area contributed by atoms with Gasteiger partial charge in [-0.2, -0.15) is 27.1 Å². The molecule has 0 bridgehead atoms. The summed E-state index contributed by atoms with van der Waals surface area (Å²) >= 11 is 1.65. The zero-order valence-corrected chi connectivity index (χ0v) is 18.3. The van der Waals surface area contributed by atoms with E-state index in [2.05, 4.69) is 36.8 Å². The number of hydrogen-bond donors (Lipinski definition) is 1. The second-order valence-electron chi connectivity index (χ2n) is 7.74. The molecule has 4 rings (SSSR count). The van der Waals surface area contributed by atoms with Gasteiger partial charge >= 0.3 is 6.18 Å². The smallest absolute Gasteiger partial charge is 0.389 e. The Bertz CT molecular complexity index is 1140. The Hall–Kier alpha value is -2.34. The van der Waals surface area contributed by atoms with Crippen molar-refractivity contribution < 1.29 is 17.9 Å². The second kappa shape index (κ2) is 7.12. The number of fused-ring (bicyclic) bond motifs is 1. The second-order valence-corrected chi connectivity index (χ2v) is 14.0. The van der Waals surface area contributed by atoms with Gasteiger partial charge in [0.25, 0.3) is 0 Å². The van der Waals surface area contributed by atoms with Crippen molar-refractivity contribution >= 4 is 42.7 Å². The van der Waals surface area contributed by atoms with Gasteiger partial charge in [-0.25, -0.2) is 9.50 Å². The molecule has 1 fully saturated rings. The highest BCUT2D eigenvalue weighted by Crippen LogP contribution is 2.72. The van der Waals surface area contributed by atoms with Gasteiger partial charge in [-0.1, -0.05) is 5.87 Å². The van der Waals surface area contributed by atoms with Crippen molar-refractivity contribution in [2.45, 2.75) is 25.9 Å². The fourth-order valence-electron chi connectivity index (χ4n) is 3.04. The molecule has 7 nitrogen and oxygen atoms in total. The standard InChI is InChI=1S/C18H23F3N6OS2/c1-13-22-10-15(29-13)27-12-30(27,2,3)11-23-17-24-16-14(6-4-8-26(16)25-17)28-9-5-7-18(19,20)21/h4,6,8,10H,2,5,7,9,11-12H2,1,3H3,(H,23,25). The lowest BCUT2D eigenvalue weighted by molar-refractivity contribution is -0.136. The number of aryl methyl sites for hydroxylation is 1. The average Bonchev–Trinajstić information content (AvgIpc) is 3.01. The van der Waals surface area contributed by atoms with E-state index >= 15 is 0 Å². The maximum absolute atomic E-state index is 12.3. The molecule has 1 N–H and O–H groups in total. The van der Waals surface area contributed by atoms with E-state index in [0.717, 1.165) is 15.9 Å². The molecule has 0 unspecified atom stereocenters. The minimum absolute atomic E-state index is 0.0403. The fraction of sp³-hybridized carbons (Fsp3) is 0.444. The summed E-state index contributed by atoms with van der Waals surface area (Å²) in [5.41, 5.74) is 0.457. The Labute approximate surface area is 175 Å². The molecule has 1 aliphatic rings. The minimum atomic E-state index is -4.18. The first-order valence-electron chi connectivity index (χ1n) is 9.25. The Balaban J connectivity index is 1.41. The molecule has 0 radical (unpaired) electrons. The third-order valence-corrected chi connectivity index (χ3v) is 9.21. The molecule has 0 spiro atoms. The Morgan fingerprint density at radius 1 is 1.40 bits per heavy atom. The van der Waals surface area contributed by atoms with Gasteiger partial charge in [-0.15, -0.1) is 16.4 Å². The summed E-state index contributed by atoms with van der Waals surface area (Å²) in [5.74, 6) is 6.84. The van der Waals surface area contributed by atoms with Crippen LogP contribution in [0.5, 0.6) is 5.75 Å². The molecule has 1 saturated heterocycles. The summed E-state index contributed by atoms with van der Waals surface area (Å²) in [7, 11) is -2.05. The van der Waals surface area contributed by atoms with E-state index in [1.807, 2.05) is 13.1 Å². The average molecular weight is 461 g/mol. The predicted molar refractivity (Wildman–Crippen MR) is 117 cm³/mol. The quantitative estimate of drug-likeness (QED) is 0.306. The number of alkyl halides is 3. The van der Waals surface area contributed by atoms with Gasteiger partial charge in [0.1, 0.15) is 5.00 Å². The summed E-state index contributed by atoms with van der Waals surface area (Å²) in [6.07, 6.45) is 0.599. The zero-order valence-electron chi connectivity index (χ0n) is 16.6. The molecule has 164 valence electrons. The Morgan fingerprint density at radius 3 is 2.90 bits per heavy atom. The van der Waals surface area contributed by atoms with Gasteiger partial charge in [0, 0.05) is 12.6 Å². The van der Waals surface area contributed by atoms with Gasteiger partial charge in [0.05, 0.1) is 29.6 Å². The number of thiazole rings is 1. The van der Waals surface area contributed by atoms with Crippen molar-refractivity contribution in [2.75, 3.05) is 34.2 Å². The van der Waals surface area contributed by atoms with Crippen molar-refractivity contribution in [1.82, 2.24) is 19.6 Å². The van der Waals surface area contributed by atoms with Gasteiger partial charge in [-0.3, -0.25) is 0 Å². The van der Waals surface area contributed by atoms with Crippen molar-refractivity contribution in [3.05, 3.63) is 29.5 Å². The predicted octanol–water partition coefficient (Wildman–Crippen LogP) is 4.38. The number of nitrogens with one attached hydrogen (secondary N) is 1. The fourth-order valence-corrected chi connectivity index (χ4v) is 7.54. The van der Waals surface area contributed by atoms with Crippen LogP contribution in [0.25, 0.3) is 5.65 Å². The van der Waals surface area contributed by atoms with Crippen LogP contribution < -0.4 is 14.4 Å². The summed E-state index contributed by atoms with van der Waals surface area (Å²) in [6, 6.07) is 3.39. The molecule has 0 aromatic carbocycles. The molecular formula is C18H23F3N6OS2. The number of rotatable bonds is 8. The Kier molecular flexibility index (Phi) is 4.96. The molecule has 0 amide bonds. The zero-order chi connectivity index (χ0) is 21.6. The lowest BCUT2D eigenvalue weighted by atomic mass is 10.3. The van der Waals surface area contributed by atoms with Crippen molar-refractivity contribution in [3.8, 4) is 5.75 Å². The number of ether oxygens (including phenoxy) is 1. The summed E-state index contributed by atoms with van der Waals surface area (Å²) in [5, 5.41) is 9.81. The van der Waals surface area contributed by atoms with Gasteiger partial charge < -0.3 is 14.4 Å². The van der Waals surface area contributed by atoms with E-state index in [1.165, 1.54) is 0 Å². The lowest BCUT2D eigenvalue weighted by Crippen LogP contribution is -2.11. The van der Waals surface area contributed by atoms with Crippen LogP contribution in [0, 0.1) is 6.92 Å². The first-order valence-corrected chi connectivity index (χ1v) is 13.0.